The van der Waals surface area contributed by atoms with Crippen LogP contribution in [0.3, 0.4) is 0 Å². The van der Waals surface area contributed by atoms with Crippen molar-refractivity contribution in [1.82, 2.24) is 9.78 Å². The highest BCUT2D eigenvalue weighted by Gasteiger charge is 2.17. The lowest BCUT2D eigenvalue weighted by Crippen LogP contribution is -1.98. The van der Waals surface area contributed by atoms with Crippen molar-refractivity contribution in [3.05, 3.63) is 82.2 Å². The van der Waals surface area contributed by atoms with Crippen molar-refractivity contribution in [3.63, 3.8) is 0 Å². The summed E-state index contributed by atoms with van der Waals surface area (Å²) in [5.41, 5.74) is 2.97. The zero-order chi connectivity index (χ0) is 18.3. The van der Waals surface area contributed by atoms with Gasteiger partial charge in [0.1, 0.15) is 5.82 Å². The van der Waals surface area contributed by atoms with Crippen LogP contribution in [0.25, 0.3) is 26.7 Å². The van der Waals surface area contributed by atoms with Crippen LogP contribution in [0, 0.1) is 12.7 Å². The molecule has 0 radical (unpaired) electrons. The fourth-order valence-corrected chi connectivity index (χ4v) is 4.39. The highest BCUT2D eigenvalue weighted by atomic mass is 35.5. The number of aryl methyl sites for hydroxylation is 1. The molecule has 0 atom stereocenters. The number of aromatic nitrogens is 2. The molecule has 2 aromatic carbocycles. The van der Waals surface area contributed by atoms with Gasteiger partial charge in [0.05, 0.1) is 32.5 Å². The number of halogens is 3. The first-order chi connectivity index (χ1) is 12.6. The molecule has 0 fully saturated rings. The molecule has 0 amide bonds. The van der Waals surface area contributed by atoms with Crippen molar-refractivity contribution in [2.24, 2.45) is 0 Å². The number of hydrogen-bond acceptors (Lipinski definition) is 2. The first kappa shape index (κ1) is 17.3. The average molecular weight is 403 g/mol. The van der Waals surface area contributed by atoms with Crippen molar-refractivity contribution >= 4 is 34.5 Å². The molecule has 0 saturated carbocycles. The predicted octanol–water partition coefficient (Wildman–Crippen LogP) is 7.02. The molecule has 2 heterocycles. The third kappa shape index (κ3) is 2.94. The maximum Gasteiger partial charge on any atom is 0.133 e. The molecular weight excluding hydrogens is 390 g/mol. The van der Waals surface area contributed by atoms with Crippen LogP contribution in [0.5, 0.6) is 0 Å². The van der Waals surface area contributed by atoms with Gasteiger partial charge in [-0.15, -0.1) is 11.3 Å². The summed E-state index contributed by atoms with van der Waals surface area (Å²) in [6, 6.07) is 16.4. The molecule has 0 aliphatic carbocycles. The van der Waals surface area contributed by atoms with Crippen molar-refractivity contribution in [2.45, 2.75) is 6.92 Å². The maximum absolute atomic E-state index is 14.4. The maximum atomic E-state index is 14.4. The first-order valence-electron chi connectivity index (χ1n) is 7.90. The molecule has 0 aliphatic heterocycles. The van der Waals surface area contributed by atoms with Crippen LogP contribution in [0.4, 0.5) is 4.39 Å². The van der Waals surface area contributed by atoms with Crippen LogP contribution in [-0.2, 0) is 0 Å². The Bertz CT molecular complexity index is 1100. The summed E-state index contributed by atoms with van der Waals surface area (Å²) in [7, 11) is 0. The van der Waals surface area contributed by atoms with E-state index in [1.54, 1.807) is 16.9 Å². The van der Waals surface area contributed by atoms with E-state index >= 15 is 0 Å². The molecule has 0 saturated heterocycles. The minimum Gasteiger partial charge on any atom is -0.231 e. The average Bonchev–Trinajstić information content (AvgIpc) is 3.28. The molecule has 0 unspecified atom stereocenters. The lowest BCUT2D eigenvalue weighted by atomic mass is 10.1. The number of rotatable bonds is 3. The Morgan fingerprint density at radius 3 is 2.54 bits per heavy atom. The lowest BCUT2D eigenvalue weighted by Gasteiger charge is -2.08. The van der Waals surface area contributed by atoms with E-state index in [-0.39, 0.29) is 5.82 Å². The van der Waals surface area contributed by atoms with Crippen LogP contribution in [-0.4, -0.2) is 9.78 Å². The second-order valence-electron chi connectivity index (χ2n) is 5.80. The van der Waals surface area contributed by atoms with Crippen molar-refractivity contribution in [2.75, 3.05) is 0 Å². The Morgan fingerprint density at radius 1 is 0.962 bits per heavy atom. The zero-order valence-electron chi connectivity index (χ0n) is 13.7. The standard InChI is InChI=1S/C20H13Cl2FN2S/c1-12-6-7-14(23)19(20(12)22)18-9-8-17(26-18)16-10-11-24-25(16)15-5-3-2-4-13(15)21/h2-11H,1H3. The topological polar surface area (TPSA) is 17.8 Å². The summed E-state index contributed by atoms with van der Waals surface area (Å²) in [4.78, 5) is 1.73. The molecule has 26 heavy (non-hydrogen) atoms. The first-order valence-corrected chi connectivity index (χ1v) is 9.47. The number of hydrogen-bond donors (Lipinski definition) is 0. The number of nitrogens with zero attached hydrogens (tertiary/aromatic N) is 2. The molecule has 6 heteroatoms. The van der Waals surface area contributed by atoms with Crippen LogP contribution >= 0.6 is 34.5 Å². The van der Waals surface area contributed by atoms with Crippen molar-refractivity contribution in [3.8, 4) is 26.7 Å². The fourth-order valence-electron chi connectivity index (χ4n) is 2.80. The summed E-state index contributed by atoms with van der Waals surface area (Å²) in [5, 5.41) is 5.45. The molecule has 0 bridgehead atoms. The van der Waals surface area contributed by atoms with Gasteiger partial charge in [-0.05, 0) is 48.9 Å². The number of thiophene rings is 1. The van der Waals surface area contributed by atoms with Gasteiger partial charge < -0.3 is 0 Å². The van der Waals surface area contributed by atoms with Gasteiger partial charge in [-0.25, -0.2) is 9.07 Å². The Morgan fingerprint density at radius 2 is 1.73 bits per heavy atom. The van der Waals surface area contributed by atoms with Gasteiger partial charge in [0.25, 0.3) is 0 Å². The molecule has 0 aliphatic rings. The Labute approximate surface area is 164 Å². The van der Waals surface area contributed by atoms with Gasteiger partial charge in [0.2, 0.25) is 0 Å². The van der Waals surface area contributed by atoms with E-state index in [9.17, 15) is 4.39 Å². The largest absolute Gasteiger partial charge is 0.231 e. The van der Waals surface area contributed by atoms with Gasteiger partial charge in [-0.2, -0.15) is 5.10 Å². The van der Waals surface area contributed by atoms with E-state index in [1.807, 2.05) is 49.4 Å². The van der Waals surface area contributed by atoms with Crippen molar-refractivity contribution < 1.29 is 4.39 Å². The highest BCUT2D eigenvalue weighted by molar-refractivity contribution is 7.18. The van der Waals surface area contributed by atoms with Gasteiger partial charge in [0, 0.05) is 10.4 Å². The van der Waals surface area contributed by atoms with Gasteiger partial charge >= 0.3 is 0 Å². The molecule has 2 aromatic heterocycles. The Hall–Kier alpha value is -2.14. The Kier molecular flexibility index (Phi) is 4.57. The lowest BCUT2D eigenvalue weighted by molar-refractivity contribution is 0.631. The van der Waals surface area contributed by atoms with Crippen molar-refractivity contribution in [1.29, 1.82) is 0 Å². The van der Waals surface area contributed by atoms with Crippen LogP contribution < -0.4 is 0 Å². The molecular formula is C20H13Cl2FN2S. The van der Waals surface area contributed by atoms with Crippen LogP contribution in [0.1, 0.15) is 5.56 Å². The summed E-state index contributed by atoms with van der Waals surface area (Å²) < 4.78 is 16.1. The minimum absolute atomic E-state index is 0.325. The van der Waals surface area contributed by atoms with Gasteiger partial charge in [0.15, 0.2) is 0 Å². The smallest absolute Gasteiger partial charge is 0.133 e. The zero-order valence-corrected chi connectivity index (χ0v) is 16.0. The third-order valence-corrected chi connectivity index (χ3v) is 6.04. The van der Waals surface area contributed by atoms with E-state index in [2.05, 4.69) is 5.10 Å². The minimum atomic E-state index is -0.325. The molecule has 4 rings (SSSR count). The second-order valence-corrected chi connectivity index (χ2v) is 7.67. The molecule has 4 aromatic rings. The monoisotopic (exact) mass is 402 g/mol. The summed E-state index contributed by atoms with van der Waals surface area (Å²) in [5.74, 6) is -0.325. The molecule has 0 spiro atoms. The molecule has 2 nitrogen and oxygen atoms in total. The van der Waals surface area contributed by atoms with Crippen LogP contribution in [0.2, 0.25) is 10.0 Å². The van der Waals surface area contributed by atoms with E-state index in [0.29, 0.717) is 15.6 Å². The summed E-state index contributed by atoms with van der Waals surface area (Å²) in [6.07, 6.45) is 1.72. The van der Waals surface area contributed by atoms with Gasteiger partial charge in [-0.1, -0.05) is 41.4 Å². The van der Waals surface area contributed by atoms with E-state index in [0.717, 1.165) is 26.7 Å². The van der Waals surface area contributed by atoms with E-state index in [4.69, 9.17) is 23.2 Å². The third-order valence-electron chi connectivity index (χ3n) is 4.11. The number of para-hydroxylation sites is 1. The van der Waals surface area contributed by atoms with E-state index in [1.165, 1.54) is 17.4 Å². The highest BCUT2D eigenvalue weighted by Crippen LogP contribution is 2.40. The molecule has 0 N–H and O–H groups in total. The normalized spacial score (nSPS) is 11.1. The number of benzene rings is 2. The second kappa shape index (κ2) is 6.88. The Balaban J connectivity index is 1.81. The predicted molar refractivity (Wildman–Crippen MR) is 107 cm³/mol. The van der Waals surface area contributed by atoms with Crippen LogP contribution in [0.15, 0.2) is 60.8 Å². The summed E-state index contributed by atoms with van der Waals surface area (Å²) >= 11 is 14.1. The fraction of sp³-hybridized carbons (Fsp3) is 0.0500. The van der Waals surface area contributed by atoms with E-state index < -0.39 is 0 Å². The van der Waals surface area contributed by atoms with Gasteiger partial charge in [-0.3, -0.25) is 0 Å². The quantitative estimate of drug-likeness (QED) is 0.359. The molecule has 130 valence electrons. The SMILES string of the molecule is Cc1ccc(F)c(-c2ccc(-c3ccnn3-c3ccccc3Cl)s2)c1Cl. The summed E-state index contributed by atoms with van der Waals surface area (Å²) in [6.45, 7) is 1.87.